The van der Waals surface area contributed by atoms with Gasteiger partial charge in [0.2, 0.25) is 0 Å². The number of carbonyl (C=O) groups excluding carboxylic acids is 1. The van der Waals surface area contributed by atoms with Crippen molar-refractivity contribution in [2.24, 2.45) is 7.05 Å². The normalized spacial score (nSPS) is 12.5. The molecular weight excluding hydrogens is 276 g/mol. The number of carbonyl (C=O) groups is 1. The lowest BCUT2D eigenvalue weighted by atomic mass is 10.0. The molecule has 112 valence electrons. The van der Waals surface area contributed by atoms with Gasteiger partial charge in [0.25, 0.3) is 5.91 Å². The Labute approximate surface area is 129 Å². The van der Waals surface area contributed by atoms with Crippen LogP contribution in [0.4, 0.5) is 0 Å². The number of benzene rings is 1. The predicted molar refractivity (Wildman–Crippen MR) is 84.4 cm³/mol. The van der Waals surface area contributed by atoms with Crippen LogP contribution in [0.1, 0.15) is 30.6 Å². The van der Waals surface area contributed by atoms with E-state index < -0.39 is 0 Å². The van der Waals surface area contributed by atoms with E-state index in [0.29, 0.717) is 5.69 Å². The Morgan fingerprint density at radius 1 is 1.41 bits per heavy atom. The predicted octanol–water partition coefficient (Wildman–Crippen LogP) is 2.59. The second kappa shape index (κ2) is 7.23. The van der Waals surface area contributed by atoms with E-state index in [-0.39, 0.29) is 17.5 Å². The maximum atomic E-state index is 12.3. The van der Waals surface area contributed by atoms with E-state index in [9.17, 15) is 10.1 Å². The van der Waals surface area contributed by atoms with Crippen molar-refractivity contribution >= 4 is 12.0 Å². The van der Waals surface area contributed by atoms with Crippen molar-refractivity contribution in [2.75, 3.05) is 0 Å². The number of nitrogens with zero attached hydrogens (tertiary/aromatic N) is 3. The highest BCUT2D eigenvalue weighted by Crippen LogP contribution is 2.16. The first-order valence-electron chi connectivity index (χ1n) is 7.11. The molecule has 0 aliphatic rings. The van der Waals surface area contributed by atoms with Gasteiger partial charge >= 0.3 is 0 Å². The average Bonchev–Trinajstić information content (AvgIpc) is 2.96. The Hall–Kier alpha value is -2.87. The van der Waals surface area contributed by atoms with Crippen molar-refractivity contribution in [3.63, 3.8) is 0 Å². The average molecular weight is 294 g/mol. The van der Waals surface area contributed by atoms with Gasteiger partial charge in [-0.3, -0.25) is 9.48 Å². The van der Waals surface area contributed by atoms with Crippen LogP contribution in [0.3, 0.4) is 0 Å². The molecule has 5 nitrogen and oxygen atoms in total. The van der Waals surface area contributed by atoms with Crippen LogP contribution in [-0.2, 0) is 11.8 Å². The van der Waals surface area contributed by atoms with E-state index in [0.717, 1.165) is 12.0 Å². The van der Waals surface area contributed by atoms with Crippen LogP contribution in [0.2, 0.25) is 0 Å². The summed E-state index contributed by atoms with van der Waals surface area (Å²) in [5, 5.41) is 16.3. The number of aromatic nitrogens is 2. The summed E-state index contributed by atoms with van der Waals surface area (Å²) >= 11 is 0. The lowest BCUT2D eigenvalue weighted by Crippen LogP contribution is -2.29. The molecule has 1 heterocycles. The molecule has 1 aromatic carbocycles. The lowest BCUT2D eigenvalue weighted by Gasteiger charge is -2.17. The minimum absolute atomic E-state index is 0.0491. The second-order valence-corrected chi connectivity index (χ2v) is 4.93. The molecule has 1 atom stereocenters. The van der Waals surface area contributed by atoms with E-state index in [2.05, 4.69) is 10.4 Å². The van der Waals surface area contributed by atoms with Crippen LogP contribution < -0.4 is 5.32 Å². The maximum absolute atomic E-state index is 12.3. The van der Waals surface area contributed by atoms with Crippen molar-refractivity contribution < 1.29 is 4.79 Å². The molecule has 22 heavy (non-hydrogen) atoms. The second-order valence-electron chi connectivity index (χ2n) is 4.93. The first-order chi connectivity index (χ1) is 10.6. The minimum Gasteiger partial charge on any atom is -0.345 e. The summed E-state index contributed by atoms with van der Waals surface area (Å²) < 4.78 is 1.62. The molecular formula is C17H18N4O. The van der Waals surface area contributed by atoms with Crippen molar-refractivity contribution in [1.82, 2.24) is 15.1 Å². The van der Waals surface area contributed by atoms with Gasteiger partial charge in [0.1, 0.15) is 11.6 Å². The molecule has 1 amide bonds. The zero-order valence-electron chi connectivity index (χ0n) is 12.7. The van der Waals surface area contributed by atoms with Crippen LogP contribution in [0.25, 0.3) is 6.08 Å². The summed E-state index contributed by atoms with van der Waals surface area (Å²) in [5.74, 6) is -0.385. The highest BCUT2D eigenvalue weighted by Gasteiger charge is 2.16. The summed E-state index contributed by atoms with van der Waals surface area (Å²) in [4.78, 5) is 12.3. The van der Waals surface area contributed by atoms with Gasteiger partial charge < -0.3 is 5.32 Å². The largest absolute Gasteiger partial charge is 0.345 e. The van der Waals surface area contributed by atoms with Crippen LogP contribution in [0, 0.1) is 11.3 Å². The Bertz CT molecular complexity index is 710. The summed E-state index contributed by atoms with van der Waals surface area (Å²) in [5.41, 5.74) is 1.66. The summed E-state index contributed by atoms with van der Waals surface area (Å²) in [6.45, 7) is 1.99. The summed E-state index contributed by atoms with van der Waals surface area (Å²) in [6.07, 6.45) is 4.00. The van der Waals surface area contributed by atoms with Gasteiger partial charge in [-0.15, -0.1) is 0 Å². The zero-order valence-corrected chi connectivity index (χ0v) is 12.7. The van der Waals surface area contributed by atoms with E-state index in [1.165, 1.54) is 6.08 Å². The fraction of sp³-hybridized carbons (Fsp3) is 0.235. The van der Waals surface area contributed by atoms with Crippen LogP contribution in [0.15, 0.2) is 48.2 Å². The van der Waals surface area contributed by atoms with Crippen molar-refractivity contribution in [3.05, 3.63) is 59.4 Å². The van der Waals surface area contributed by atoms with Gasteiger partial charge in [0.05, 0.1) is 11.7 Å². The molecule has 0 saturated carbocycles. The number of hydrogen-bond donors (Lipinski definition) is 1. The molecule has 0 aliphatic heterocycles. The Morgan fingerprint density at radius 3 is 2.68 bits per heavy atom. The van der Waals surface area contributed by atoms with Crippen molar-refractivity contribution in [1.29, 1.82) is 5.26 Å². The quantitative estimate of drug-likeness (QED) is 0.680. The number of nitriles is 1. The van der Waals surface area contributed by atoms with Gasteiger partial charge in [-0.2, -0.15) is 10.4 Å². The van der Waals surface area contributed by atoms with Gasteiger partial charge in [0, 0.05) is 13.2 Å². The van der Waals surface area contributed by atoms with Gasteiger partial charge in [0.15, 0.2) is 0 Å². The standard InChI is InChI=1S/C17H18N4O/c1-3-16(13-7-5-4-6-8-13)19-17(22)14(12-18)11-15-9-10-21(2)20-15/h4-11,16H,3H2,1-2H3,(H,19,22)/b14-11+. The third kappa shape index (κ3) is 3.83. The third-order valence-corrected chi connectivity index (χ3v) is 3.31. The Kier molecular flexibility index (Phi) is 5.10. The highest BCUT2D eigenvalue weighted by molar-refractivity contribution is 6.01. The number of aryl methyl sites for hydroxylation is 1. The van der Waals surface area contributed by atoms with E-state index in [4.69, 9.17) is 0 Å². The first kappa shape index (κ1) is 15.5. The number of hydrogen-bond acceptors (Lipinski definition) is 3. The Morgan fingerprint density at radius 2 is 2.14 bits per heavy atom. The van der Waals surface area contributed by atoms with Gasteiger partial charge in [-0.1, -0.05) is 37.3 Å². The van der Waals surface area contributed by atoms with Crippen LogP contribution in [-0.4, -0.2) is 15.7 Å². The van der Waals surface area contributed by atoms with Crippen molar-refractivity contribution in [2.45, 2.75) is 19.4 Å². The molecule has 1 N–H and O–H groups in total. The minimum atomic E-state index is -0.385. The van der Waals surface area contributed by atoms with E-state index in [1.807, 2.05) is 43.3 Å². The fourth-order valence-electron chi connectivity index (χ4n) is 2.15. The zero-order chi connectivity index (χ0) is 15.9. The number of nitrogens with one attached hydrogen (secondary N) is 1. The molecule has 1 aromatic heterocycles. The van der Waals surface area contributed by atoms with Crippen molar-refractivity contribution in [3.8, 4) is 6.07 Å². The molecule has 0 bridgehead atoms. The first-order valence-corrected chi connectivity index (χ1v) is 7.11. The monoisotopic (exact) mass is 294 g/mol. The molecule has 1 unspecified atom stereocenters. The number of rotatable bonds is 5. The fourth-order valence-corrected chi connectivity index (χ4v) is 2.15. The SMILES string of the molecule is CCC(NC(=O)/C(C#N)=C/c1ccn(C)n1)c1ccccc1. The van der Waals surface area contributed by atoms with Crippen LogP contribution >= 0.6 is 0 Å². The van der Waals surface area contributed by atoms with E-state index in [1.54, 1.807) is 24.0 Å². The molecule has 0 fully saturated rings. The summed E-state index contributed by atoms with van der Waals surface area (Å²) in [7, 11) is 1.78. The third-order valence-electron chi connectivity index (χ3n) is 3.31. The lowest BCUT2D eigenvalue weighted by molar-refractivity contribution is -0.117. The topological polar surface area (TPSA) is 70.7 Å². The smallest absolute Gasteiger partial charge is 0.262 e. The van der Waals surface area contributed by atoms with Gasteiger partial charge in [-0.05, 0) is 24.1 Å². The van der Waals surface area contributed by atoms with Crippen LogP contribution in [0.5, 0.6) is 0 Å². The molecule has 0 aliphatic carbocycles. The van der Waals surface area contributed by atoms with Gasteiger partial charge in [-0.25, -0.2) is 0 Å². The highest BCUT2D eigenvalue weighted by atomic mass is 16.1. The molecule has 0 saturated heterocycles. The molecule has 0 radical (unpaired) electrons. The molecule has 2 aromatic rings. The molecule has 5 heteroatoms. The summed E-state index contributed by atoms with van der Waals surface area (Å²) in [6, 6.07) is 13.3. The Balaban J connectivity index is 2.15. The van der Waals surface area contributed by atoms with E-state index >= 15 is 0 Å². The number of amides is 1. The molecule has 0 spiro atoms. The molecule has 2 rings (SSSR count). The maximum Gasteiger partial charge on any atom is 0.262 e.